The Hall–Kier alpha value is 0.0200. The lowest BCUT2D eigenvalue weighted by Crippen LogP contribution is -2.32. The maximum atomic E-state index is 11.7. The first-order chi connectivity index (χ1) is 11.7. The number of aldehydes is 1. The number of thiophene rings is 1. The van der Waals surface area contributed by atoms with Gasteiger partial charge in [0.15, 0.2) is 6.29 Å². The lowest BCUT2D eigenvalue weighted by atomic mass is 9.91. The van der Waals surface area contributed by atoms with Gasteiger partial charge in [0.2, 0.25) is 0 Å². The van der Waals surface area contributed by atoms with E-state index in [9.17, 15) is 4.79 Å². The quantitative estimate of drug-likeness (QED) is 0.328. The molecule has 3 rings (SSSR count). The standard InChI is InChI=1S/C19H27IO3S/c1-13-8-9-14(24-13)5-4-6-15-16(12-21)18(11-17(15)20)23-19-7-2-3-10-22-19/h8-9,12,15-19H,2-7,10-11H2,1H3/t15-,16-,17-,18-,19?/m1/s1. The maximum absolute atomic E-state index is 11.7. The summed E-state index contributed by atoms with van der Waals surface area (Å²) >= 11 is 4.41. The highest BCUT2D eigenvalue weighted by atomic mass is 127. The average molecular weight is 462 g/mol. The summed E-state index contributed by atoms with van der Waals surface area (Å²) in [5, 5.41) is 0. The summed E-state index contributed by atoms with van der Waals surface area (Å²) in [5.74, 6) is 0.472. The van der Waals surface area contributed by atoms with Gasteiger partial charge in [0.05, 0.1) is 6.10 Å². The normalized spacial score (nSPS) is 33.7. The summed E-state index contributed by atoms with van der Waals surface area (Å²) < 4.78 is 12.4. The van der Waals surface area contributed by atoms with Crippen LogP contribution in [0, 0.1) is 18.8 Å². The van der Waals surface area contributed by atoms with Crippen molar-refractivity contribution in [1.29, 1.82) is 0 Å². The second-order valence-electron chi connectivity index (χ2n) is 7.00. The zero-order valence-electron chi connectivity index (χ0n) is 14.3. The van der Waals surface area contributed by atoms with E-state index in [1.807, 2.05) is 11.3 Å². The van der Waals surface area contributed by atoms with Crippen LogP contribution in [0.5, 0.6) is 0 Å². The highest BCUT2D eigenvalue weighted by molar-refractivity contribution is 14.1. The number of ether oxygens (including phenoxy) is 2. The number of alkyl halides is 1. The first kappa shape index (κ1) is 18.8. The Bertz CT molecular complexity index is 526. The van der Waals surface area contributed by atoms with Crippen molar-refractivity contribution in [3.05, 3.63) is 21.9 Å². The van der Waals surface area contributed by atoms with Crippen LogP contribution in [0.4, 0.5) is 0 Å². The van der Waals surface area contributed by atoms with Crippen LogP contribution in [-0.2, 0) is 20.7 Å². The molecule has 1 saturated carbocycles. The van der Waals surface area contributed by atoms with Crippen molar-refractivity contribution < 1.29 is 14.3 Å². The molecule has 0 spiro atoms. The van der Waals surface area contributed by atoms with E-state index < -0.39 is 0 Å². The monoisotopic (exact) mass is 462 g/mol. The van der Waals surface area contributed by atoms with Crippen LogP contribution in [-0.4, -0.2) is 29.2 Å². The van der Waals surface area contributed by atoms with Gasteiger partial charge >= 0.3 is 0 Å². The minimum atomic E-state index is -0.0948. The predicted molar refractivity (Wildman–Crippen MR) is 106 cm³/mol. The summed E-state index contributed by atoms with van der Waals surface area (Å²) in [6.07, 6.45) is 8.72. The molecule has 1 unspecified atom stereocenters. The van der Waals surface area contributed by atoms with E-state index in [2.05, 4.69) is 41.6 Å². The van der Waals surface area contributed by atoms with Crippen LogP contribution in [0.1, 0.15) is 48.3 Å². The smallest absolute Gasteiger partial charge is 0.157 e. The summed E-state index contributed by atoms with van der Waals surface area (Å²) in [5.41, 5.74) is 0. The number of rotatable bonds is 7. The molecule has 2 aliphatic rings. The van der Waals surface area contributed by atoms with E-state index in [0.717, 1.165) is 51.4 Å². The predicted octanol–water partition coefficient (Wildman–Crippen LogP) is 4.93. The average Bonchev–Trinajstić information content (AvgIpc) is 3.12. The fourth-order valence-corrected chi connectivity index (χ4v) is 6.20. The molecule has 134 valence electrons. The van der Waals surface area contributed by atoms with Gasteiger partial charge in [0.25, 0.3) is 0 Å². The molecule has 24 heavy (non-hydrogen) atoms. The molecule has 1 aromatic heterocycles. The zero-order valence-corrected chi connectivity index (χ0v) is 17.3. The number of carbonyl (C=O) groups is 1. The Morgan fingerprint density at radius 3 is 2.96 bits per heavy atom. The molecule has 0 amide bonds. The van der Waals surface area contributed by atoms with Crippen molar-refractivity contribution in [2.45, 2.75) is 68.2 Å². The molecule has 0 bridgehead atoms. The summed E-state index contributed by atoms with van der Waals surface area (Å²) in [4.78, 5) is 14.6. The maximum Gasteiger partial charge on any atom is 0.157 e. The van der Waals surface area contributed by atoms with Crippen molar-refractivity contribution in [2.24, 2.45) is 11.8 Å². The lowest BCUT2D eigenvalue weighted by Gasteiger charge is -2.28. The van der Waals surface area contributed by atoms with Crippen molar-refractivity contribution in [2.75, 3.05) is 6.61 Å². The lowest BCUT2D eigenvalue weighted by molar-refractivity contribution is -0.194. The van der Waals surface area contributed by atoms with Gasteiger partial charge in [0, 0.05) is 26.2 Å². The Balaban J connectivity index is 1.51. The van der Waals surface area contributed by atoms with Gasteiger partial charge < -0.3 is 14.3 Å². The first-order valence-corrected chi connectivity index (χ1v) is 11.2. The minimum Gasteiger partial charge on any atom is -0.353 e. The van der Waals surface area contributed by atoms with E-state index in [1.54, 1.807) is 0 Å². The van der Waals surface area contributed by atoms with Crippen LogP contribution in [0.15, 0.2) is 12.1 Å². The van der Waals surface area contributed by atoms with E-state index in [4.69, 9.17) is 9.47 Å². The van der Waals surface area contributed by atoms with Gasteiger partial charge in [-0.1, -0.05) is 22.6 Å². The highest BCUT2D eigenvalue weighted by Gasteiger charge is 2.43. The molecule has 1 aromatic rings. The molecule has 2 heterocycles. The third kappa shape index (κ3) is 4.80. The highest BCUT2D eigenvalue weighted by Crippen LogP contribution is 2.42. The molecule has 2 fully saturated rings. The van der Waals surface area contributed by atoms with Gasteiger partial charge in [-0.15, -0.1) is 11.3 Å². The molecule has 5 atom stereocenters. The largest absolute Gasteiger partial charge is 0.353 e. The number of carbonyl (C=O) groups excluding carboxylic acids is 1. The third-order valence-electron chi connectivity index (χ3n) is 5.22. The molecule has 0 radical (unpaired) electrons. The van der Waals surface area contributed by atoms with Crippen molar-refractivity contribution in [3.8, 4) is 0 Å². The van der Waals surface area contributed by atoms with Gasteiger partial charge in [-0.25, -0.2) is 0 Å². The van der Waals surface area contributed by atoms with Gasteiger partial charge in [-0.3, -0.25) is 0 Å². The van der Waals surface area contributed by atoms with Crippen LogP contribution in [0.25, 0.3) is 0 Å². The Labute approximate surface area is 162 Å². The van der Waals surface area contributed by atoms with Gasteiger partial charge in [-0.05, 0) is 69.9 Å². The zero-order chi connectivity index (χ0) is 16.9. The Morgan fingerprint density at radius 2 is 2.29 bits per heavy atom. The molecule has 5 heteroatoms. The molecule has 0 N–H and O–H groups in total. The van der Waals surface area contributed by atoms with E-state index in [1.165, 1.54) is 16.2 Å². The van der Waals surface area contributed by atoms with Crippen LogP contribution in [0.2, 0.25) is 0 Å². The van der Waals surface area contributed by atoms with Crippen molar-refractivity contribution >= 4 is 40.2 Å². The topological polar surface area (TPSA) is 35.5 Å². The molecular formula is C19H27IO3S. The Kier molecular flexibility index (Phi) is 7.13. The second-order valence-corrected chi connectivity index (χ2v) is 9.98. The van der Waals surface area contributed by atoms with E-state index in [0.29, 0.717) is 9.84 Å². The fraction of sp³-hybridized carbons (Fsp3) is 0.737. The molecular weight excluding hydrogens is 435 g/mol. The molecule has 0 aromatic carbocycles. The van der Waals surface area contributed by atoms with Crippen molar-refractivity contribution in [3.63, 3.8) is 0 Å². The molecule has 1 saturated heterocycles. The SMILES string of the molecule is Cc1ccc(CCC[C@@H]2[C@@H](C=O)[C@H](OC3CCCCO3)C[C@H]2I)s1. The number of aryl methyl sites for hydroxylation is 2. The van der Waals surface area contributed by atoms with Crippen LogP contribution < -0.4 is 0 Å². The number of hydrogen-bond donors (Lipinski definition) is 0. The molecule has 3 nitrogen and oxygen atoms in total. The Morgan fingerprint density at radius 1 is 1.42 bits per heavy atom. The van der Waals surface area contributed by atoms with Crippen LogP contribution in [0.3, 0.4) is 0 Å². The summed E-state index contributed by atoms with van der Waals surface area (Å²) in [6, 6.07) is 4.43. The number of hydrogen-bond acceptors (Lipinski definition) is 4. The third-order valence-corrected chi connectivity index (χ3v) is 7.72. The van der Waals surface area contributed by atoms with E-state index in [-0.39, 0.29) is 18.3 Å². The van der Waals surface area contributed by atoms with E-state index >= 15 is 0 Å². The van der Waals surface area contributed by atoms with Gasteiger partial charge in [0.1, 0.15) is 6.29 Å². The van der Waals surface area contributed by atoms with Crippen molar-refractivity contribution in [1.82, 2.24) is 0 Å². The number of halogens is 1. The fourth-order valence-electron chi connectivity index (χ4n) is 3.92. The summed E-state index contributed by atoms with van der Waals surface area (Å²) in [7, 11) is 0. The van der Waals surface area contributed by atoms with Crippen LogP contribution >= 0.6 is 33.9 Å². The van der Waals surface area contributed by atoms with Gasteiger partial charge in [-0.2, -0.15) is 0 Å². The summed E-state index contributed by atoms with van der Waals surface area (Å²) in [6.45, 7) is 2.95. The molecule has 1 aliphatic heterocycles. The first-order valence-electron chi connectivity index (χ1n) is 9.09. The minimum absolute atomic E-state index is 0.0301. The molecule has 1 aliphatic carbocycles. The second kappa shape index (κ2) is 9.10.